The Morgan fingerprint density at radius 1 is 1.32 bits per heavy atom. The highest BCUT2D eigenvalue weighted by Crippen LogP contribution is 2.50. The molecule has 2 aliphatic rings. The SMILES string of the molecule is NCCC1CCN(C(=O)C2(c3ccccc3)CC2)C1. The maximum Gasteiger partial charge on any atom is 0.233 e. The monoisotopic (exact) mass is 258 g/mol. The van der Waals surface area contributed by atoms with Crippen molar-refractivity contribution in [3.63, 3.8) is 0 Å². The fourth-order valence-electron chi connectivity index (χ4n) is 3.30. The Hall–Kier alpha value is -1.35. The van der Waals surface area contributed by atoms with Crippen LogP contribution < -0.4 is 5.73 Å². The van der Waals surface area contributed by atoms with Crippen molar-refractivity contribution in [2.24, 2.45) is 11.7 Å². The lowest BCUT2D eigenvalue weighted by molar-refractivity contribution is -0.133. The van der Waals surface area contributed by atoms with Crippen LogP contribution in [0.25, 0.3) is 0 Å². The second-order valence-electron chi connectivity index (χ2n) is 5.93. The van der Waals surface area contributed by atoms with Crippen molar-refractivity contribution in [3.8, 4) is 0 Å². The molecule has 3 rings (SSSR count). The summed E-state index contributed by atoms with van der Waals surface area (Å²) >= 11 is 0. The maximum atomic E-state index is 12.8. The average molecular weight is 258 g/mol. The van der Waals surface area contributed by atoms with Gasteiger partial charge in [0.1, 0.15) is 0 Å². The van der Waals surface area contributed by atoms with Gasteiger partial charge in [-0.3, -0.25) is 4.79 Å². The third-order valence-corrected chi connectivity index (χ3v) is 4.63. The second-order valence-corrected chi connectivity index (χ2v) is 5.93. The van der Waals surface area contributed by atoms with Gasteiger partial charge in [-0.1, -0.05) is 30.3 Å². The number of hydrogen-bond acceptors (Lipinski definition) is 2. The number of rotatable bonds is 4. The van der Waals surface area contributed by atoms with Gasteiger partial charge in [0, 0.05) is 13.1 Å². The molecule has 1 heterocycles. The van der Waals surface area contributed by atoms with E-state index < -0.39 is 0 Å². The predicted molar refractivity (Wildman–Crippen MR) is 75.7 cm³/mol. The summed E-state index contributed by atoms with van der Waals surface area (Å²) in [4.78, 5) is 14.8. The molecule has 1 unspecified atom stereocenters. The highest BCUT2D eigenvalue weighted by molar-refractivity contribution is 5.91. The van der Waals surface area contributed by atoms with Crippen LogP contribution in [0.2, 0.25) is 0 Å². The van der Waals surface area contributed by atoms with Gasteiger partial charge in [-0.25, -0.2) is 0 Å². The number of amides is 1. The minimum absolute atomic E-state index is 0.196. The molecule has 1 aliphatic carbocycles. The Kier molecular flexibility index (Phi) is 3.31. The molecule has 1 saturated carbocycles. The summed E-state index contributed by atoms with van der Waals surface area (Å²) in [5.74, 6) is 0.957. The number of benzene rings is 1. The topological polar surface area (TPSA) is 46.3 Å². The Morgan fingerprint density at radius 3 is 2.68 bits per heavy atom. The molecule has 0 radical (unpaired) electrons. The number of likely N-dealkylation sites (tertiary alicyclic amines) is 1. The van der Waals surface area contributed by atoms with Gasteiger partial charge in [-0.2, -0.15) is 0 Å². The maximum absolute atomic E-state index is 12.8. The average Bonchev–Trinajstić information content (AvgIpc) is 3.14. The summed E-state index contributed by atoms with van der Waals surface area (Å²) in [6.45, 7) is 2.55. The van der Waals surface area contributed by atoms with E-state index in [1.54, 1.807) is 0 Å². The molecular weight excluding hydrogens is 236 g/mol. The predicted octanol–water partition coefficient (Wildman–Crippen LogP) is 1.92. The number of hydrogen-bond donors (Lipinski definition) is 1. The molecule has 3 heteroatoms. The standard InChI is InChI=1S/C16H22N2O/c17-10-6-13-7-11-18(12-13)15(19)16(8-9-16)14-4-2-1-3-5-14/h1-5,13H,6-12,17H2. The fraction of sp³-hybridized carbons (Fsp3) is 0.562. The molecule has 3 nitrogen and oxygen atoms in total. The highest BCUT2D eigenvalue weighted by atomic mass is 16.2. The first-order valence-corrected chi connectivity index (χ1v) is 7.31. The number of nitrogens with zero attached hydrogens (tertiary/aromatic N) is 1. The zero-order valence-corrected chi connectivity index (χ0v) is 11.3. The lowest BCUT2D eigenvalue weighted by atomic mass is 9.94. The van der Waals surface area contributed by atoms with E-state index in [0.717, 1.165) is 45.3 Å². The summed E-state index contributed by atoms with van der Waals surface area (Å²) in [5, 5.41) is 0. The molecule has 2 N–H and O–H groups in total. The van der Waals surface area contributed by atoms with Crippen LogP contribution in [0.3, 0.4) is 0 Å². The molecular formula is C16H22N2O. The summed E-state index contributed by atoms with van der Waals surface area (Å²) in [7, 11) is 0. The van der Waals surface area contributed by atoms with E-state index in [9.17, 15) is 4.79 Å². The van der Waals surface area contributed by atoms with Gasteiger partial charge in [0.25, 0.3) is 0 Å². The Labute approximate surface area is 114 Å². The molecule has 1 aliphatic heterocycles. The largest absolute Gasteiger partial charge is 0.342 e. The van der Waals surface area contributed by atoms with Crippen molar-refractivity contribution in [2.75, 3.05) is 19.6 Å². The van der Waals surface area contributed by atoms with Crippen molar-refractivity contribution in [1.29, 1.82) is 0 Å². The molecule has 0 bridgehead atoms. The lowest BCUT2D eigenvalue weighted by Gasteiger charge is -2.23. The molecule has 1 aromatic rings. The highest BCUT2D eigenvalue weighted by Gasteiger charge is 2.53. The molecule has 0 aromatic heterocycles. The molecule has 19 heavy (non-hydrogen) atoms. The van der Waals surface area contributed by atoms with E-state index in [4.69, 9.17) is 5.73 Å². The summed E-state index contributed by atoms with van der Waals surface area (Å²) in [5.41, 5.74) is 6.62. The first-order chi connectivity index (χ1) is 9.26. The minimum Gasteiger partial charge on any atom is -0.342 e. The van der Waals surface area contributed by atoms with Crippen molar-refractivity contribution < 1.29 is 4.79 Å². The van der Waals surface area contributed by atoms with Crippen LogP contribution in [0.1, 0.15) is 31.2 Å². The smallest absolute Gasteiger partial charge is 0.233 e. The van der Waals surface area contributed by atoms with Crippen LogP contribution in [-0.2, 0) is 10.2 Å². The van der Waals surface area contributed by atoms with Crippen molar-refractivity contribution in [3.05, 3.63) is 35.9 Å². The number of nitrogens with two attached hydrogens (primary N) is 1. The second kappa shape index (κ2) is 4.97. The van der Waals surface area contributed by atoms with Crippen molar-refractivity contribution >= 4 is 5.91 Å². The van der Waals surface area contributed by atoms with Crippen LogP contribution in [-0.4, -0.2) is 30.4 Å². The van der Waals surface area contributed by atoms with Crippen LogP contribution in [0.15, 0.2) is 30.3 Å². The van der Waals surface area contributed by atoms with E-state index in [-0.39, 0.29) is 5.41 Å². The first kappa shape index (κ1) is 12.7. The molecule has 0 spiro atoms. The first-order valence-electron chi connectivity index (χ1n) is 7.31. The summed E-state index contributed by atoms with van der Waals surface area (Å²) in [6.07, 6.45) is 4.18. The Balaban J connectivity index is 1.71. The van der Waals surface area contributed by atoms with Crippen LogP contribution in [0.4, 0.5) is 0 Å². The normalized spacial score (nSPS) is 24.5. The third-order valence-electron chi connectivity index (χ3n) is 4.63. The third kappa shape index (κ3) is 2.27. The molecule has 1 aromatic carbocycles. The van der Waals surface area contributed by atoms with Gasteiger partial charge in [0.15, 0.2) is 0 Å². The van der Waals surface area contributed by atoms with Gasteiger partial charge in [0.2, 0.25) is 5.91 Å². The van der Waals surface area contributed by atoms with Crippen molar-refractivity contribution in [1.82, 2.24) is 4.90 Å². The van der Waals surface area contributed by atoms with Gasteiger partial charge in [-0.15, -0.1) is 0 Å². The molecule has 1 atom stereocenters. The summed E-state index contributed by atoms with van der Waals surface area (Å²) < 4.78 is 0. The fourth-order valence-corrected chi connectivity index (χ4v) is 3.30. The van der Waals surface area contributed by atoms with Gasteiger partial charge < -0.3 is 10.6 Å². The Morgan fingerprint density at radius 2 is 2.05 bits per heavy atom. The lowest BCUT2D eigenvalue weighted by Crippen LogP contribution is -2.37. The van der Waals surface area contributed by atoms with Gasteiger partial charge in [0.05, 0.1) is 5.41 Å². The number of carbonyl (C=O) groups excluding carboxylic acids is 1. The van der Waals surface area contributed by atoms with Crippen LogP contribution in [0.5, 0.6) is 0 Å². The van der Waals surface area contributed by atoms with E-state index in [2.05, 4.69) is 17.0 Å². The minimum atomic E-state index is -0.196. The zero-order chi connectivity index (χ0) is 13.3. The van der Waals surface area contributed by atoms with Crippen LogP contribution >= 0.6 is 0 Å². The van der Waals surface area contributed by atoms with Gasteiger partial charge >= 0.3 is 0 Å². The molecule has 2 fully saturated rings. The Bertz CT molecular complexity index is 453. The van der Waals surface area contributed by atoms with Gasteiger partial charge in [-0.05, 0) is 43.7 Å². The van der Waals surface area contributed by atoms with E-state index >= 15 is 0 Å². The van der Waals surface area contributed by atoms with E-state index in [1.807, 2.05) is 18.2 Å². The van der Waals surface area contributed by atoms with Crippen molar-refractivity contribution in [2.45, 2.75) is 31.1 Å². The summed E-state index contributed by atoms with van der Waals surface area (Å²) in [6, 6.07) is 10.3. The van der Waals surface area contributed by atoms with E-state index in [1.165, 1.54) is 5.56 Å². The number of carbonyl (C=O) groups is 1. The zero-order valence-electron chi connectivity index (χ0n) is 11.3. The van der Waals surface area contributed by atoms with E-state index in [0.29, 0.717) is 11.8 Å². The molecule has 1 saturated heterocycles. The molecule has 1 amide bonds. The quantitative estimate of drug-likeness (QED) is 0.897. The molecule has 102 valence electrons. The van der Waals surface area contributed by atoms with Crippen LogP contribution in [0, 0.1) is 5.92 Å².